The summed E-state index contributed by atoms with van der Waals surface area (Å²) in [5.74, 6) is -0.0132. The number of aromatic nitrogens is 1. The maximum absolute atomic E-state index is 13.0. The molecular weight excluding hydrogens is 288 g/mol. The van der Waals surface area contributed by atoms with Gasteiger partial charge in [0.15, 0.2) is 5.78 Å². The second-order valence-electron chi connectivity index (χ2n) is 6.25. The topological polar surface area (TPSA) is 53.2 Å². The molecule has 120 valence electrons. The molecule has 3 rings (SSSR count). The zero-order valence-electron chi connectivity index (χ0n) is 13.8. The first-order chi connectivity index (χ1) is 11.0. The summed E-state index contributed by atoms with van der Waals surface area (Å²) in [6, 6.07) is 10.3. The number of likely N-dealkylation sites (tertiary alicyclic amines) is 1. The average molecular weight is 310 g/mol. The number of hydrogen-bond acceptors (Lipinski definition) is 2. The van der Waals surface area contributed by atoms with Gasteiger partial charge < -0.3 is 9.88 Å². The zero-order chi connectivity index (χ0) is 16.6. The molecule has 2 aromatic rings. The summed E-state index contributed by atoms with van der Waals surface area (Å²) in [7, 11) is 0. The van der Waals surface area contributed by atoms with E-state index in [2.05, 4.69) is 17.1 Å². The van der Waals surface area contributed by atoms with Crippen molar-refractivity contribution in [3.05, 3.63) is 58.4 Å². The molecule has 1 amide bonds. The quantitative estimate of drug-likeness (QED) is 0.876. The maximum Gasteiger partial charge on any atom is 0.271 e. The highest BCUT2D eigenvalue weighted by Gasteiger charge is 2.32. The molecule has 1 N–H and O–H groups in total. The zero-order valence-corrected chi connectivity index (χ0v) is 13.8. The number of aromatic amines is 1. The van der Waals surface area contributed by atoms with Crippen molar-refractivity contribution < 1.29 is 9.59 Å². The fraction of sp³-hybridized carbons (Fsp3) is 0.368. The van der Waals surface area contributed by atoms with Crippen molar-refractivity contribution in [2.24, 2.45) is 0 Å². The van der Waals surface area contributed by atoms with Crippen LogP contribution < -0.4 is 0 Å². The van der Waals surface area contributed by atoms with Crippen molar-refractivity contribution in [3.8, 4) is 0 Å². The minimum Gasteiger partial charge on any atom is -0.354 e. The Hall–Kier alpha value is -2.36. The summed E-state index contributed by atoms with van der Waals surface area (Å²) < 4.78 is 0. The number of ketones is 1. The molecule has 4 heteroatoms. The Bertz CT molecular complexity index is 746. The van der Waals surface area contributed by atoms with Crippen LogP contribution in [-0.2, 0) is 0 Å². The molecule has 23 heavy (non-hydrogen) atoms. The van der Waals surface area contributed by atoms with Crippen molar-refractivity contribution in [1.82, 2.24) is 9.88 Å². The standard InChI is InChI=1S/C19H22N2O2/c1-12-17(14(3)22)13(2)20-18(12)19(23)21-11-7-10-16(21)15-8-5-4-6-9-15/h4-6,8-9,16,20H,7,10-11H2,1-3H3. The first-order valence-electron chi connectivity index (χ1n) is 8.06. The van der Waals surface area contributed by atoms with Crippen molar-refractivity contribution >= 4 is 11.7 Å². The molecule has 2 heterocycles. The number of aryl methyl sites for hydroxylation is 1. The Balaban J connectivity index is 1.94. The molecule has 0 radical (unpaired) electrons. The Kier molecular flexibility index (Phi) is 4.07. The number of nitrogens with one attached hydrogen (secondary N) is 1. The van der Waals surface area contributed by atoms with E-state index in [1.165, 1.54) is 5.56 Å². The first kappa shape index (κ1) is 15.5. The van der Waals surface area contributed by atoms with Gasteiger partial charge >= 0.3 is 0 Å². The van der Waals surface area contributed by atoms with Gasteiger partial charge in [-0.05, 0) is 44.7 Å². The third-order valence-electron chi connectivity index (χ3n) is 4.70. The smallest absolute Gasteiger partial charge is 0.271 e. The van der Waals surface area contributed by atoms with Gasteiger partial charge in [0.2, 0.25) is 0 Å². The predicted molar refractivity (Wildman–Crippen MR) is 89.7 cm³/mol. The third kappa shape index (κ3) is 2.69. The summed E-state index contributed by atoms with van der Waals surface area (Å²) in [5.41, 5.74) is 3.90. The lowest BCUT2D eigenvalue weighted by atomic mass is 10.0. The van der Waals surface area contributed by atoms with E-state index in [1.807, 2.05) is 36.9 Å². The van der Waals surface area contributed by atoms with Gasteiger partial charge in [-0.2, -0.15) is 0 Å². The minimum atomic E-state index is -0.00977. The molecule has 0 aliphatic carbocycles. The number of carbonyl (C=O) groups is 2. The van der Waals surface area contributed by atoms with Gasteiger partial charge in [-0.1, -0.05) is 30.3 Å². The molecule has 1 aromatic carbocycles. The van der Waals surface area contributed by atoms with E-state index in [4.69, 9.17) is 0 Å². The van der Waals surface area contributed by atoms with Gasteiger partial charge in [0.05, 0.1) is 6.04 Å². The molecule has 1 unspecified atom stereocenters. The van der Waals surface area contributed by atoms with Crippen molar-refractivity contribution in [1.29, 1.82) is 0 Å². The molecule has 4 nitrogen and oxygen atoms in total. The first-order valence-corrected chi connectivity index (χ1v) is 8.06. The number of H-pyrrole nitrogens is 1. The number of hydrogen-bond donors (Lipinski definition) is 1. The van der Waals surface area contributed by atoms with E-state index in [9.17, 15) is 9.59 Å². The lowest BCUT2D eigenvalue weighted by Crippen LogP contribution is -2.31. The molecule has 0 saturated carbocycles. The third-order valence-corrected chi connectivity index (χ3v) is 4.70. The number of benzene rings is 1. The summed E-state index contributed by atoms with van der Waals surface area (Å²) in [4.78, 5) is 29.9. The number of rotatable bonds is 3. The van der Waals surface area contributed by atoms with E-state index < -0.39 is 0 Å². The minimum absolute atomic E-state index is 0.00340. The van der Waals surface area contributed by atoms with Crippen LogP contribution in [0.3, 0.4) is 0 Å². The lowest BCUT2D eigenvalue weighted by molar-refractivity contribution is 0.0729. The molecule has 1 atom stereocenters. The number of amides is 1. The monoisotopic (exact) mass is 310 g/mol. The Labute approximate surface area is 136 Å². The Morgan fingerprint density at radius 3 is 2.48 bits per heavy atom. The van der Waals surface area contributed by atoms with Crippen LogP contribution in [0.2, 0.25) is 0 Å². The number of carbonyl (C=O) groups excluding carboxylic acids is 2. The average Bonchev–Trinajstić information content (AvgIpc) is 3.12. The van der Waals surface area contributed by atoms with Gasteiger partial charge in [-0.3, -0.25) is 9.59 Å². The molecular formula is C19H22N2O2. The molecule has 1 aliphatic heterocycles. The summed E-state index contributed by atoms with van der Waals surface area (Å²) in [6.45, 7) is 5.99. The second kappa shape index (κ2) is 6.03. The van der Waals surface area contributed by atoms with Crippen LogP contribution in [0.1, 0.15) is 63.5 Å². The summed E-state index contributed by atoms with van der Waals surface area (Å²) in [6.07, 6.45) is 1.98. The van der Waals surface area contributed by atoms with Crippen LogP contribution in [0, 0.1) is 13.8 Å². The summed E-state index contributed by atoms with van der Waals surface area (Å²) in [5, 5.41) is 0. The fourth-order valence-corrected chi connectivity index (χ4v) is 3.67. The van der Waals surface area contributed by atoms with E-state index in [0.717, 1.165) is 30.6 Å². The van der Waals surface area contributed by atoms with E-state index in [0.29, 0.717) is 11.3 Å². The largest absolute Gasteiger partial charge is 0.354 e. The van der Waals surface area contributed by atoms with Crippen LogP contribution in [0.5, 0.6) is 0 Å². The molecule has 0 spiro atoms. The van der Waals surface area contributed by atoms with E-state index in [1.54, 1.807) is 6.92 Å². The number of nitrogens with zero attached hydrogens (tertiary/aromatic N) is 1. The van der Waals surface area contributed by atoms with Crippen LogP contribution in [-0.4, -0.2) is 28.1 Å². The van der Waals surface area contributed by atoms with Gasteiger partial charge in [-0.25, -0.2) is 0 Å². The van der Waals surface area contributed by atoms with Crippen molar-refractivity contribution in [2.45, 2.75) is 39.7 Å². The van der Waals surface area contributed by atoms with Gasteiger partial charge in [-0.15, -0.1) is 0 Å². The van der Waals surface area contributed by atoms with Gasteiger partial charge in [0.25, 0.3) is 5.91 Å². The van der Waals surface area contributed by atoms with Gasteiger partial charge in [0, 0.05) is 17.8 Å². The molecule has 1 aliphatic rings. The highest BCUT2D eigenvalue weighted by Crippen LogP contribution is 2.33. The lowest BCUT2D eigenvalue weighted by Gasteiger charge is -2.25. The Morgan fingerprint density at radius 1 is 1.17 bits per heavy atom. The number of Topliss-reactive ketones (excluding diaryl/α,β-unsaturated/α-hetero) is 1. The molecule has 1 fully saturated rings. The van der Waals surface area contributed by atoms with Crippen LogP contribution in [0.25, 0.3) is 0 Å². The normalized spacial score (nSPS) is 17.5. The molecule has 1 saturated heterocycles. The predicted octanol–water partition coefficient (Wildman–Crippen LogP) is 3.81. The highest BCUT2D eigenvalue weighted by atomic mass is 16.2. The molecule has 1 aromatic heterocycles. The van der Waals surface area contributed by atoms with E-state index in [-0.39, 0.29) is 17.7 Å². The SMILES string of the molecule is CC(=O)c1c(C)[nH]c(C(=O)N2CCCC2c2ccccc2)c1C. The molecule has 0 bridgehead atoms. The van der Waals surface area contributed by atoms with Gasteiger partial charge in [0.1, 0.15) is 5.69 Å². The van der Waals surface area contributed by atoms with Crippen LogP contribution in [0.4, 0.5) is 0 Å². The van der Waals surface area contributed by atoms with Crippen LogP contribution in [0.15, 0.2) is 30.3 Å². The Morgan fingerprint density at radius 2 is 1.87 bits per heavy atom. The van der Waals surface area contributed by atoms with Crippen LogP contribution >= 0.6 is 0 Å². The van der Waals surface area contributed by atoms with Crippen molar-refractivity contribution in [2.75, 3.05) is 6.54 Å². The second-order valence-corrected chi connectivity index (χ2v) is 6.25. The fourth-order valence-electron chi connectivity index (χ4n) is 3.67. The highest BCUT2D eigenvalue weighted by molar-refractivity contribution is 6.02. The van der Waals surface area contributed by atoms with Crippen molar-refractivity contribution in [3.63, 3.8) is 0 Å². The maximum atomic E-state index is 13.0. The summed E-state index contributed by atoms with van der Waals surface area (Å²) >= 11 is 0. The van der Waals surface area contributed by atoms with E-state index >= 15 is 0 Å².